The van der Waals surface area contributed by atoms with Crippen molar-refractivity contribution in [1.82, 2.24) is 5.06 Å². The molecule has 4 heteroatoms. The predicted octanol–water partition coefficient (Wildman–Crippen LogP) is 1.19. The number of alkyl halides is 1. The van der Waals surface area contributed by atoms with Gasteiger partial charge in [-0.15, -0.1) is 11.6 Å². The van der Waals surface area contributed by atoms with Gasteiger partial charge in [0, 0.05) is 0 Å². The summed E-state index contributed by atoms with van der Waals surface area (Å²) in [5, 5.41) is 1.31. The number of amides is 1. The van der Waals surface area contributed by atoms with Crippen LogP contribution in [0.4, 0.5) is 0 Å². The lowest BCUT2D eigenvalue weighted by Gasteiger charge is -2.31. The quantitative estimate of drug-likeness (QED) is 0.458. The van der Waals surface area contributed by atoms with Gasteiger partial charge in [-0.3, -0.25) is 9.63 Å². The molecule has 3 nitrogen and oxygen atoms in total. The molecule has 0 spiro atoms. The van der Waals surface area contributed by atoms with Gasteiger partial charge in [-0.05, 0) is 11.5 Å². The summed E-state index contributed by atoms with van der Waals surface area (Å²) in [6, 6.07) is 0. The molecule has 0 aromatic heterocycles. The fraction of sp³-hybridized carbons (Fsp3) is 0.625. The van der Waals surface area contributed by atoms with Crippen molar-refractivity contribution in [1.29, 1.82) is 0 Å². The molecule has 1 saturated heterocycles. The summed E-state index contributed by atoms with van der Waals surface area (Å²) in [4.78, 5) is 16.2. The molecule has 0 bridgehead atoms. The molecule has 12 heavy (non-hydrogen) atoms. The lowest BCUT2D eigenvalue weighted by Crippen LogP contribution is -2.41. The first-order valence-corrected chi connectivity index (χ1v) is 4.35. The van der Waals surface area contributed by atoms with E-state index in [1.54, 1.807) is 0 Å². The molecule has 1 rings (SSSR count). The van der Waals surface area contributed by atoms with Crippen LogP contribution < -0.4 is 0 Å². The van der Waals surface area contributed by atoms with Crippen LogP contribution in [0, 0.1) is 5.92 Å². The molecule has 1 fully saturated rings. The molecule has 1 atom stereocenters. The second-order valence-electron chi connectivity index (χ2n) is 2.92. The van der Waals surface area contributed by atoms with E-state index < -0.39 is 0 Å². The summed E-state index contributed by atoms with van der Waals surface area (Å²) >= 11 is 5.38. The first-order valence-electron chi connectivity index (χ1n) is 3.82. The molecule has 0 aliphatic carbocycles. The van der Waals surface area contributed by atoms with Gasteiger partial charge in [0.15, 0.2) is 0 Å². The van der Waals surface area contributed by atoms with E-state index in [0.717, 1.165) is 5.57 Å². The van der Waals surface area contributed by atoms with E-state index >= 15 is 0 Å². The fourth-order valence-corrected chi connectivity index (χ4v) is 1.11. The highest BCUT2D eigenvalue weighted by Gasteiger charge is 2.23. The topological polar surface area (TPSA) is 29.5 Å². The molecular weight excluding hydrogens is 178 g/mol. The Morgan fingerprint density at radius 1 is 1.92 bits per heavy atom. The summed E-state index contributed by atoms with van der Waals surface area (Å²) in [5.74, 6) is 0.0843. The zero-order chi connectivity index (χ0) is 9.14. The Balaban J connectivity index is 2.50. The maximum absolute atomic E-state index is 11.1. The first kappa shape index (κ1) is 9.55. The monoisotopic (exact) mass is 189 g/mol. The van der Waals surface area contributed by atoms with Crippen molar-refractivity contribution in [2.24, 2.45) is 5.92 Å². The molecule has 0 radical (unpaired) electrons. The van der Waals surface area contributed by atoms with Crippen LogP contribution in [0.3, 0.4) is 0 Å². The first-order chi connectivity index (χ1) is 5.65. The smallest absolute Gasteiger partial charge is 0.261 e. The zero-order valence-electron chi connectivity index (χ0n) is 7.05. The summed E-state index contributed by atoms with van der Waals surface area (Å²) in [6.07, 6.45) is 0. The average molecular weight is 190 g/mol. The van der Waals surface area contributed by atoms with Gasteiger partial charge >= 0.3 is 0 Å². The van der Waals surface area contributed by atoms with Crippen LogP contribution in [0.2, 0.25) is 0 Å². The largest absolute Gasteiger partial charge is 0.271 e. The van der Waals surface area contributed by atoms with E-state index in [1.165, 1.54) is 5.06 Å². The van der Waals surface area contributed by atoms with Crippen LogP contribution in [0.25, 0.3) is 0 Å². The Morgan fingerprint density at radius 2 is 2.58 bits per heavy atom. The highest BCUT2D eigenvalue weighted by molar-refractivity contribution is 6.27. The maximum atomic E-state index is 11.1. The standard InChI is InChI=1S/C8H12ClNO2/c1-6-4-10(8(11)3-9)12-5-7(6)2/h6H,2-5H2,1H3. The van der Waals surface area contributed by atoms with Gasteiger partial charge in [-0.1, -0.05) is 13.5 Å². The maximum Gasteiger partial charge on any atom is 0.261 e. The molecule has 1 heterocycles. The average Bonchev–Trinajstić information content (AvgIpc) is 2.08. The number of hydrogen-bond acceptors (Lipinski definition) is 2. The fourth-order valence-electron chi connectivity index (χ4n) is 0.974. The molecule has 0 N–H and O–H groups in total. The third-order valence-corrected chi connectivity index (χ3v) is 2.16. The highest BCUT2D eigenvalue weighted by atomic mass is 35.5. The minimum atomic E-state index is -0.184. The van der Waals surface area contributed by atoms with Crippen molar-refractivity contribution in [3.63, 3.8) is 0 Å². The van der Waals surface area contributed by atoms with Gasteiger partial charge < -0.3 is 0 Å². The molecular formula is C8H12ClNO2. The van der Waals surface area contributed by atoms with Crippen molar-refractivity contribution in [2.45, 2.75) is 6.92 Å². The molecule has 0 saturated carbocycles. The van der Waals surface area contributed by atoms with Crippen molar-refractivity contribution < 1.29 is 9.63 Å². The lowest BCUT2D eigenvalue weighted by molar-refractivity contribution is -0.191. The van der Waals surface area contributed by atoms with E-state index in [2.05, 4.69) is 6.58 Å². The Morgan fingerprint density at radius 3 is 3.08 bits per heavy atom. The predicted molar refractivity (Wildman–Crippen MR) is 46.7 cm³/mol. The van der Waals surface area contributed by atoms with Gasteiger partial charge in [0.1, 0.15) is 5.88 Å². The second kappa shape index (κ2) is 3.92. The van der Waals surface area contributed by atoms with Gasteiger partial charge in [-0.2, -0.15) is 0 Å². The van der Waals surface area contributed by atoms with E-state index in [9.17, 15) is 4.79 Å². The van der Waals surface area contributed by atoms with Gasteiger partial charge in [0.05, 0.1) is 13.2 Å². The molecule has 1 aliphatic rings. The van der Waals surface area contributed by atoms with E-state index in [0.29, 0.717) is 19.1 Å². The lowest BCUT2D eigenvalue weighted by atomic mass is 10.0. The summed E-state index contributed by atoms with van der Waals surface area (Å²) in [5.41, 5.74) is 1.02. The van der Waals surface area contributed by atoms with Crippen molar-refractivity contribution in [3.8, 4) is 0 Å². The van der Waals surface area contributed by atoms with Crippen molar-refractivity contribution in [3.05, 3.63) is 12.2 Å². The second-order valence-corrected chi connectivity index (χ2v) is 3.19. The van der Waals surface area contributed by atoms with E-state index in [4.69, 9.17) is 16.4 Å². The third kappa shape index (κ3) is 1.99. The van der Waals surface area contributed by atoms with Crippen LogP contribution >= 0.6 is 11.6 Å². The van der Waals surface area contributed by atoms with Crippen LogP contribution in [0.5, 0.6) is 0 Å². The number of hydrogen-bond donors (Lipinski definition) is 0. The van der Waals surface area contributed by atoms with Crippen LogP contribution in [-0.4, -0.2) is 30.0 Å². The third-order valence-electron chi connectivity index (χ3n) is 1.93. The summed E-state index contributed by atoms with van der Waals surface area (Å²) < 4.78 is 0. The van der Waals surface area contributed by atoms with E-state index in [-0.39, 0.29) is 11.8 Å². The van der Waals surface area contributed by atoms with E-state index in [1.807, 2.05) is 6.92 Å². The van der Waals surface area contributed by atoms with Crippen molar-refractivity contribution in [2.75, 3.05) is 19.0 Å². The van der Waals surface area contributed by atoms with Gasteiger partial charge in [0.2, 0.25) is 0 Å². The number of carbonyl (C=O) groups excluding carboxylic acids is 1. The minimum Gasteiger partial charge on any atom is -0.271 e. The van der Waals surface area contributed by atoms with Gasteiger partial charge in [-0.25, -0.2) is 5.06 Å². The summed E-state index contributed by atoms with van der Waals surface area (Å²) in [6.45, 7) is 6.81. The van der Waals surface area contributed by atoms with Gasteiger partial charge in [0.25, 0.3) is 5.91 Å². The normalized spacial score (nSPS) is 24.3. The summed E-state index contributed by atoms with van der Waals surface area (Å²) in [7, 11) is 0. The number of hydroxylamine groups is 2. The zero-order valence-corrected chi connectivity index (χ0v) is 7.80. The van der Waals surface area contributed by atoms with Crippen LogP contribution in [0.15, 0.2) is 12.2 Å². The molecule has 0 aromatic rings. The number of carbonyl (C=O) groups is 1. The number of nitrogens with zero attached hydrogens (tertiary/aromatic N) is 1. The molecule has 1 aliphatic heterocycles. The minimum absolute atomic E-state index is 0.0286. The molecule has 1 unspecified atom stereocenters. The van der Waals surface area contributed by atoms with Crippen molar-refractivity contribution >= 4 is 17.5 Å². The number of halogens is 1. The molecule has 0 aromatic carbocycles. The Hall–Kier alpha value is -0.540. The Labute approximate surface area is 76.9 Å². The van der Waals surface area contributed by atoms with Crippen LogP contribution in [-0.2, 0) is 9.63 Å². The molecule has 68 valence electrons. The SMILES string of the molecule is C=C1CON(C(=O)CCl)CC1C. The number of rotatable bonds is 1. The Bertz CT molecular complexity index is 205. The molecule has 1 amide bonds. The Kier molecular flexibility index (Phi) is 3.12. The highest BCUT2D eigenvalue weighted by Crippen LogP contribution is 2.17. The van der Waals surface area contributed by atoms with Crippen LogP contribution in [0.1, 0.15) is 6.92 Å².